The van der Waals surface area contributed by atoms with Crippen molar-refractivity contribution in [1.29, 1.82) is 0 Å². The van der Waals surface area contributed by atoms with Gasteiger partial charge in [0.15, 0.2) is 0 Å². The van der Waals surface area contributed by atoms with Crippen LogP contribution in [0.3, 0.4) is 0 Å². The smallest absolute Gasteiger partial charge is 0.283 e. The minimum atomic E-state index is -0.446. The number of anilines is 1. The number of rotatable bonds is 3. The zero-order valence-corrected chi connectivity index (χ0v) is 18.8. The van der Waals surface area contributed by atoms with Gasteiger partial charge in [-0.25, -0.2) is 4.90 Å². The highest BCUT2D eigenvalue weighted by Gasteiger charge is 2.40. The summed E-state index contributed by atoms with van der Waals surface area (Å²) < 4.78 is 0. The fourth-order valence-corrected chi connectivity index (χ4v) is 4.98. The largest absolute Gasteiger partial charge is 0.376 e. The van der Waals surface area contributed by atoms with Gasteiger partial charge in [-0.15, -0.1) is 0 Å². The van der Waals surface area contributed by atoms with Gasteiger partial charge < -0.3 is 5.32 Å². The molecule has 4 rings (SSSR count). The van der Waals surface area contributed by atoms with E-state index in [-0.39, 0.29) is 22.7 Å². The number of hydrogen-bond acceptors (Lipinski definition) is 3. The topological polar surface area (TPSA) is 49.4 Å². The van der Waals surface area contributed by atoms with Crippen LogP contribution in [-0.2, 0) is 9.59 Å². The van der Waals surface area contributed by atoms with Crippen molar-refractivity contribution in [2.75, 3.05) is 4.90 Å². The number of nitrogens with one attached hydrogen (secondary N) is 1. The van der Waals surface area contributed by atoms with Crippen LogP contribution in [0, 0.1) is 0 Å². The van der Waals surface area contributed by atoms with Crippen LogP contribution in [0.15, 0.2) is 53.2 Å². The van der Waals surface area contributed by atoms with Gasteiger partial charge in [0.1, 0.15) is 10.7 Å². The summed E-state index contributed by atoms with van der Waals surface area (Å²) in [7, 11) is 0. The molecular formula is C26H31ClN2O2. The van der Waals surface area contributed by atoms with E-state index in [9.17, 15) is 9.59 Å². The Morgan fingerprint density at radius 1 is 0.742 bits per heavy atom. The number of fused-ring (bicyclic) bond motifs is 1. The first-order chi connectivity index (χ1) is 15.2. The molecule has 0 bridgehead atoms. The van der Waals surface area contributed by atoms with Gasteiger partial charge >= 0.3 is 0 Å². The van der Waals surface area contributed by atoms with Crippen molar-refractivity contribution in [1.82, 2.24) is 5.32 Å². The second kappa shape index (κ2) is 10.3. The molecule has 1 saturated carbocycles. The first-order valence-electron chi connectivity index (χ1n) is 11.7. The number of imide groups is 1. The zero-order valence-electron chi connectivity index (χ0n) is 18.0. The predicted octanol–water partition coefficient (Wildman–Crippen LogP) is 6.43. The summed E-state index contributed by atoms with van der Waals surface area (Å²) in [5.74, 6) is -0.795. The molecule has 2 aromatic carbocycles. The molecule has 1 heterocycles. The molecule has 1 fully saturated rings. The third kappa shape index (κ3) is 4.95. The van der Waals surface area contributed by atoms with Crippen LogP contribution in [-0.4, -0.2) is 17.9 Å². The van der Waals surface area contributed by atoms with E-state index in [2.05, 4.69) is 5.32 Å². The van der Waals surface area contributed by atoms with Crippen LogP contribution in [0.4, 0.5) is 5.69 Å². The van der Waals surface area contributed by atoms with Gasteiger partial charge in [0, 0.05) is 11.4 Å². The molecule has 1 aliphatic heterocycles. The fraction of sp³-hybridized carbons (Fsp3) is 0.462. The Morgan fingerprint density at radius 2 is 1.32 bits per heavy atom. The van der Waals surface area contributed by atoms with E-state index in [1.807, 2.05) is 36.4 Å². The third-order valence-corrected chi connectivity index (χ3v) is 6.84. The van der Waals surface area contributed by atoms with E-state index in [0.29, 0.717) is 5.69 Å². The maximum absolute atomic E-state index is 13.3. The quantitative estimate of drug-likeness (QED) is 0.562. The highest BCUT2D eigenvalue weighted by atomic mass is 35.5. The van der Waals surface area contributed by atoms with Crippen LogP contribution >= 0.6 is 11.6 Å². The lowest BCUT2D eigenvalue weighted by atomic mass is 9.98. The average Bonchev–Trinajstić information content (AvgIpc) is 2.98. The molecule has 0 spiro atoms. The zero-order chi connectivity index (χ0) is 21.6. The number of nitrogens with zero attached hydrogens (tertiary/aromatic N) is 1. The molecule has 0 aromatic heterocycles. The molecule has 1 aliphatic carbocycles. The van der Waals surface area contributed by atoms with Crippen molar-refractivity contribution < 1.29 is 9.59 Å². The van der Waals surface area contributed by atoms with Crippen LogP contribution < -0.4 is 10.2 Å². The molecule has 0 saturated heterocycles. The number of halogens is 1. The highest BCUT2D eigenvalue weighted by Crippen LogP contribution is 2.34. The molecule has 2 amide bonds. The van der Waals surface area contributed by atoms with Crippen LogP contribution in [0.25, 0.3) is 10.8 Å². The van der Waals surface area contributed by atoms with E-state index < -0.39 is 5.91 Å². The lowest BCUT2D eigenvalue weighted by Gasteiger charge is -2.22. The molecule has 2 aliphatic rings. The monoisotopic (exact) mass is 438 g/mol. The third-order valence-electron chi connectivity index (χ3n) is 6.49. The Labute approximate surface area is 189 Å². The van der Waals surface area contributed by atoms with Crippen molar-refractivity contribution in [2.24, 2.45) is 0 Å². The van der Waals surface area contributed by atoms with Crippen molar-refractivity contribution in [3.05, 3.63) is 53.2 Å². The number of benzene rings is 2. The summed E-state index contributed by atoms with van der Waals surface area (Å²) in [6.07, 6.45) is 13.3. The molecule has 0 atom stereocenters. The second-order valence-electron chi connectivity index (χ2n) is 8.73. The molecule has 2 aromatic rings. The van der Waals surface area contributed by atoms with Crippen molar-refractivity contribution in [3.63, 3.8) is 0 Å². The maximum atomic E-state index is 13.3. The van der Waals surface area contributed by atoms with Gasteiger partial charge in [-0.1, -0.05) is 106 Å². The van der Waals surface area contributed by atoms with E-state index >= 15 is 0 Å². The Hall–Kier alpha value is -2.33. The molecule has 5 heteroatoms. The van der Waals surface area contributed by atoms with Gasteiger partial charge in [0.2, 0.25) is 0 Å². The van der Waals surface area contributed by atoms with Gasteiger partial charge in [0.25, 0.3) is 11.8 Å². The van der Waals surface area contributed by atoms with Crippen LogP contribution in [0.1, 0.15) is 70.6 Å². The first kappa shape index (κ1) is 21.9. The van der Waals surface area contributed by atoms with E-state index in [1.165, 1.54) is 49.8 Å². The molecular weight excluding hydrogens is 408 g/mol. The fourth-order valence-electron chi connectivity index (χ4n) is 4.76. The Bertz CT molecular complexity index is 967. The highest BCUT2D eigenvalue weighted by molar-refractivity contribution is 6.53. The van der Waals surface area contributed by atoms with Gasteiger partial charge in [-0.2, -0.15) is 0 Å². The van der Waals surface area contributed by atoms with Crippen LogP contribution in [0.2, 0.25) is 0 Å². The number of carbonyl (C=O) groups excluding carboxylic acids is 2. The summed E-state index contributed by atoms with van der Waals surface area (Å²) in [5.41, 5.74) is 0.846. The van der Waals surface area contributed by atoms with E-state index in [1.54, 1.807) is 6.07 Å². The molecule has 0 unspecified atom stereocenters. The molecule has 164 valence electrons. The lowest BCUT2D eigenvalue weighted by Crippen LogP contribution is -2.37. The minimum absolute atomic E-state index is 0.00375. The molecule has 1 N–H and O–H groups in total. The van der Waals surface area contributed by atoms with Crippen molar-refractivity contribution in [2.45, 2.75) is 76.7 Å². The summed E-state index contributed by atoms with van der Waals surface area (Å²) >= 11 is 6.42. The van der Waals surface area contributed by atoms with Gasteiger partial charge in [0.05, 0.1) is 5.69 Å². The lowest BCUT2D eigenvalue weighted by molar-refractivity contribution is -0.120. The van der Waals surface area contributed by atoms with E-state index in [4.69, 9.17) is 11.6 Å². The van der Waals surface area contributed by atoms with E-state index in [0.717, 1.165) is 36.5 Å². The van der Waals surface area contributed by atoms with Crippen molar-refractivity contribution >= 4 is 39.9 Å². The summed E-state index contributed by atoms with van der Waals surface area (Å²) in [4.78, 5) is 27.5. The van der Waals surface area contributed by atoms with Crippen molar-refractivity contribution in [3.8, 4) is 0 Å². The van der Waals surface area contributed by atoms with Gasteiger partial charge in [-0.3, -0.25) is 9.59 Å². The molecule has 4 nitrogen and oxygen atoms in total. The summed E-state index contributed by atoms with van der Waals surface area (Å²) in [6.45, 7) is 0. The number of amides is 2. The maximum Gasteiger partial charge on any atom is 0.283 e. The average molecular weight is 439 g/mol. The SMILES string of the molecule is O=C1C(Cl)=C(NC2CCCCCCCCCCC2)C(=O)N1c1cccc2ccccc12. The van der Waals surface area contributed by atoms with Crippen LogP contribution in [0.5, 0.6) is 0 Å². The Morgan fingerprint density at radius 3 is 2.00 bits per heavy atom. The molecule has 31 heavy (non-hydrogen) atoms. The Balaban J connectivity index is 1.53. The number of hydrogen-bond donors (Lipinski definition) is 1. The Kier molecular flexibility index (Phi) is 7.29. The standard InChI is InChI=1S/C26H31ClN2O2/c27-23-24(28-20-15-8-6-4-2-1-3-5-7-9-16-20)26(31)29(25(23)30)22-18-12-14-19-13-10-11-17-21(19)22/h10-14,17-18,20,28H,1-9,15-16H2. The van der Waals surface area contributed by atoms with Gasteiger partial charge in [-0.05, 0) is 24.3 Å². The number of carbonyl (C=O) groups is 2. The molecule has 0 radical (unpaired) electrons. The first-order valence-corrected chi connectivity index (χ1v) is 12.1. The summed E-state index contributed by atoms with van der Waals surface area (Å²) in [5, 5.41) is 5.23. The predicted molar refractivity (Wildman–Crippen MR) is 127 cm³/mol. The normalized spacial score (nSPS) is 20.1. The second-order valence-corrected chi connectivity index (χ2v) is 9.11. The minimum Gasteiger partial charge on any atom is -0.376 e. The summed E-state index contributed by atoms with van der Waals surface area (Å²) in [6, 6.07) is 13.6.